The summed E-state index contributed by atoms with van der Waals surface area (Å²) in [6.07, 6.45) is 0.253. The van der Waals surface area contributed by atoms with Gasteiger partial charge >= 0.3 is 6.03 Å². The molecule has 1 aromatic rings. The van der Waals surface area contributed by atoms with E-state index < -0.39 is 11.6 Å². The molecule has 0 heterocycles. The van der Waals surface area contributed by atoms with Crippen LogP contribution in [-0.2, 0) is 6.42 Å². The van der Waals surface area contributed by atoms with Crippen molar-refractivity contribution in [3.05, 3.63) is 23.8 Å². The molecule has 0 aromatic heterocycles. The number of urea groups is 1. The number of nitrogens with zero attached hydrogens (tertiary/aromatic N) is 1. The molecule has 6 nitrogen and oxygen atoms in total. The minimum Gasteiger partial charge on any atom is -0.504 e. The van der Waals surface area contributed by atoms with E-state index in [0.29, 0.717) is 5.75 Å². The largest absolute Gasteiger partial charge is 0.504 e. The van der Waals surface area contributed by atoms with Crippen LogP contribution in [-0.4, -0.2) is 23.8 Å². The van der Waals surface area contributed by atoms with Crippen molar-refractivity contribution in [1.29, 1.82) is 5.26 Å². The highest BCUT2D eigenvalue weighted by molar-refractivity contribution is 5.73. The summed E-state index contributed by atoms with van der Waals surface area (Å²) in [7, 11) is 1.43. The minimum atomic E-state index is -1.10. The SMILES string of the molecule is COc1cc(CC(C)(C#N)NC(N)=O)ccc1O. The van der Waals surface area contributed by atoms with E-state index in [1.807, 2.05) is 6.07 Å². The maximum atomic E-state index is 10.8. The molecular formula is C12H15N3O3. The number of carbonyl (C=O) groups is 1. The number of benzene rings is 1. The lowest BCUT2D eigenvalue weighted by Crippen LogP contribution is -2.48. The smallest absolute Gasteiger partial charge is 0.313 e. The molecule has 18 heavy (non-hydrogen) atoms. The molecule has 6 heteroatoms. The van der Waals surface area contributed by atoms with Gasteiger partial charge < -0.3 is 20.9 Å². The second-order valence-electron chi connectivity index (χ2n) is 4.12. The van der Waals surface area contributed by atoms with Crippen molar-refractivity contribution >= 4 is 6.03 Å². The molecule has 1 unspecified atom stereocenters. The van der Waals surface area contributed by atoms with Gasteiger partial charge in [0.2, 0.25) is 0 Å². The number of nitriles is 1. The molecule has 0 aliphatic heterocycles. The molecule has 2 amide bonds. The highest BCUT2D eigenvalue weighted by atomic mass is 16.5. The summed E-state index contributed by atoms with van der Waals surface area (Å²) < 4.78 is 4.97. The first-order chi connectivity index (χ1) is 8.40. The third kappa shape index (κ3) is 3.28. The zero-order chi connectivity index (χ0) is 13.8. The number of nitrogens with two attached hydrogens (primary N) is 1. The number of ether oxygens (including phenoxy) is 1. The first kappa shape index (κ1) is 13.6. The highest BCUT2D eigenvalue weighted by Gasteiger charge is 2.26. The van der Waals surface area contributed by atoms with Crippen LogP contribution in [0.3, 0.4) is 0 Å². The number of carbonyl (C=O) groups excluding carboxylic acids is 1. The Morgan fingerprint density at radius 1 is 1.67 bits per heavy atom. The summed E-state index contributed by atoms with van der Waals surface area (Å²) in [6, 6.07) is 5.96. The predicted octanol–water partition coefficient (Wildman–Crippen LogP) is 0.894. The van der Waals surface area contributed by atoms with Gasteiger partial charge in [-0.25, -0.2) is 4.79 Å². The van der Waals surface area contributed by atoms with Crippen molar-refractivity contribution in [1.82, 2.24) is 5.32 Å². The van der Waals surface area contributed by atoms with Crippen LogP contribution in [0, 0.1) is 11.3 Å². The molecule has 0 saturated carbocycles. The molecular weight excluding hydrogens is 234 g/mol. The van der Waals surface area contributed by atoms with Gasteiger partial charge in [0.05, 0.1) is 13.2 Å². The van der Waals surface area contributed by atoms with Gasteiger partial charge in [0.1, 0.15) is 5.54 Å². The number of hydrogen-bond donors (Lipinski definition) is 3. The average Bonchev–Trinajstić information content (AvgIpc) is 2.30. The molecule has 0 aliphatic carbocycles. The van der Waals surface area contributed by atoms with Crippen LogP contribution < -0.4 is 15.8 Å². The van der Waals surface area contributed by atoms with E-state index in [0.717, 1.165) is 5.56 Å². The van der Waals surface area contributed by atoms with Gasteiger partial charge in [-0.3, -0.25) is 0 Å². The number of hydrogen-bond acceptors (Lipinski definition) is 4. The Balaban J connectivity index is 2.95. The molecule has 96 valence electrons. The van der Waals surface area contributed by atoms with Crippen LogP contribution in [0.2, 0.25) is 0 Å². The van der Waals surface area contributed by atoms with E-state index in [4.69, 9.17) is 15.7 Å². The number of methoxy groups -OCH3 is 1. The molecule has 0 spiro atoms. The molecule has 4 N–H and O–H groups in total. The Kier molecular flexibility index (Phi) is 4.00. The van der Waals surface area contributed by atoms with Crippen LogP contribution in [0.15, 0.2) is 18.2 Å². The maximum absolute atomic E-state index is 10.8. The summed E-state index contributed by atoms with van der Waals surface area (Å²) >= 11 is 0. The van der Waals surface area contributed by atoms with Crippen LogP contribution >= 0.6 is 0 Å². The first-order valence-corrected chi connectivity index (χ1v) is 5.25. The fourth-order valence-electron chi connectivity index (χ4n) is 1.62. The quantitative estimate of drug-likeness (QED) is 0.736. The van der Waals surface area contributed by atoms with Crippen molar-refractivity contribution in [3.63, 3.8) is 0 Å². The summed E-state index contributed by atoms with van der Waals surface area (Å²) in [5.74, 6) is 0.328. The maximum Gasteiger partial charge on any atom is 0.313 e. The fraction of sp³-hybridized carbons (Fsp3) is 0.333. The molecule has 1 aromatic carbocycles. The number of aromatic hydroxyl groups is 1. The van der Waals surface area contributed by atoms with Gasteiger partial charge in [0, 0.05) is 6.42 Å². The lowest BCUT2D eigenvalue weighted by molar-refractivity contribution is 0.242. The third-order valence-corrected chi connectivity index (χ3v) is 2.45. The molecule has 1 rings (SSSR count). The second kappa shape index (κ2) is 5.27. The highest BCUT2D eigenvalue weighted by Crippen LogP contribution is 2.27. The van der Waals surface area contributed by atoms with Gasteiger partial charge in [0.15, 0.2) is 11.5 Å². The summed E-state index contributed by atoms with van der Waals surface area (Å²) in [4.78, 5) is 10.8. The van der Waals surface area contributed by atoms with Crippen molar-refractivity contribution in [3.8, 4) is 17.6 Å². The number of phenolic OH excluding ortho intramolecular Hbond substituents is 1. The summed E-state index contributed by atoms with van der Waals surface area (Å²) in [5.41, 5.74) is 4.66. The lowest BCUT2D eigenvalue weighted by Gasteiger charge is -2.22. The van der Waals surface area contributed by atoms with Crippen LogP contribution in [0.5, 0.6) is 11.5 Å². The van der Waals surface area contributed by atoms with Gasteiger partial charge in [-0.1, -0.05) is 6.07 Å². The van der Waals surface area contributed by atoms with Gasteiger partial charge in [-0.05, 0) is 24.6 Å². The molecule has 0 saturated heterocycles. The zero-order valence-corrected chi connectivity index (χ0v) is 10.2. The van der Waals surface area contributed by atoms with E-state index in [1.165, 1.54) is 13.2 Å². The number of nitrogens with one attached hydrogen (secondary N) is 1. The standard InChI is InChI=1S/C12H15N3O3/c1-12(7-13,15-11(14)17)6-8-3-4-9(16)10(5-8)18-2/h3-5,16H,6H2,1-2H3,(H3,14,15,17). The molecule has 0 radical (unpaired) electrons. The third-order valence-electron chi connectivity index (χ3n) is 2.45. The number of rotatable bonds is 4. The molecule has 0 fully saturated rings. The summed E-state index contributed by atoms with van der Waals surface area (Å²) in [5, 5.41) is 20.9. The predicted molar refractivity (Wildman–Crippen MR) is 65.1 cm³/mol. The van der Waals surface area contributed by atoms with E-state index in [9.17, 15) is 9.90 Å². The normalized spacial score (nSPS) is 13.2. The van der Waals surface area contributed by atoms with Crippen LogP contribution in [0.4, 0.5) is 4.79 Å². The average molecular weight is 249 g/mol. The second-order valence-corrected chi connectivity index (χ2v) is 4.12. The van der Waals surface area contributed by atoms with Crippen LogP contribution in [0.1, 0.15) is 12.5 Å². The Bertz CT molecular complexity index is 496. The molecule has 0 bridgehead atoms. The summed E-state index contributed by atoms with van der Waals surface area (Å²) in [6.45, 7) is 1.57. The monoisotopic (exact) mass is 249 g/mol. The molecule has 0 aliphatic rings. The lowest BCUT2D eigenvalue weighted by atomic mass is 9.94. The van der Waals surface area contributed by atoms with Crippen molar-refractivity contribution < 1.29 is 14.6 Å². The van der Waals surface area contributed by atoms with E-state index in [-0.39, 0.29) is 12.2 Å². The zero-order valence-electron chi connectivity index (χ0n) is 10.2. The van der Waals surface area contributed by atoms with E-state index in [2.05, 4.69) is 5.32 Å². The van der Waals surface area contributed by atoms with Crippen molar-refractivity contribution in [2.75, 3.05) is 7.11 Å². The number of amides is 2. The topological polar surface area (TPSA) is 108 Å². The van der Waals surface area contributed by atoms with Gasteiger partial charge in [-0.15, -0.1) is 0 Å². The Hall–Kier alpha value is -2.42. The Labute approximate surface area is 105 Å². The van der Waals surface area contributed by atoms with Gasteiger partial charge in [-0.2, -0.15) is 5.26 Å². The van der Waals surface area contributed by atoms with Crippen molar-refractivity contribution in [2.45, 2.75) is 18.9 Å². The van der Waals surface area contributed by atoms with Crippen molar-refractivity contribution in [2.24, 2.45) is 5.73 Å². The van der Waals surface area contributed by atoms with Crippen LogP contribution in [0.25, 0.3) is 0 Å². The first-order valence-electron chi connectivity index (χ1n) is 5.25. The van der Waals surface area contributed by atoms with E-state index in [1.54, 1.807) is 19.1 Å². The molecule has 1 atom stereocenters. The minimum absolute atomic E-state index is 0.0165. The number of phenols is 1. The Morgan fingerprint density at radius 3 is 2.83 bits per heavy atom. The van der Waals surface area contributed by atoms with E-state index >= 15 is 0 Å². The fourth-order valence-corrected chi connectivity index (χ4v) is 1.62. The Morgan fingerprint density at radius 2 is 2.33 bits per heavy atom. The van der Waals surface area contributed by atoms with Gasteiger partial charge in [0.25, 0.3) is 0 Å². The number of primary amides is 1.